The maximum atomic E-state index is 5.44. The number of nitrogens with zero attached hydrogens (tertiary/aromatic N) is 3. The highest BCUT2D eigenvalue weighted by atomic mass is 16.5. The van der Waals surface area contributed by atoms with Crippen LogP contribution in [0.4, 0.5) is 0 Å². The van der Waals surface area contributed by atoms with E-state index in [0.29, 0.717) is 0 Å². The van der Waals surface area contributed by atoms with Gasteiger partial charge in [-0.2, -0.15) is 0 Å². The van der Waals surface area contributed by atoms with Crippen molar-refractivity contribution in [3.63, 3.8) is 0 Å². The Bertz CT molecular complexity index is 650. The Labute approximate surface area is 131 Å². The van der Waals surface area contributed by atoms with Crippen LogP contribution in [0.1, 0.15) is 48.6 Å². The maximum Gasteiger partial charge on any atom is 0.149 e. The largest absolute Gasteiger partial charge is 0.496 e. The van der Waals surface area contributed by atoms with Crippen LogP contribution in [0, 0.1) is 6.92 Å². The van der Waals surface area contributed by atoms with Gasteiger partial charge in [-0.1, -0.05) is 17.7 Å². The van der Waals surface area contributed by atoms with Crippen molar-refractivity contribution < 1.29 is 4.74 Å². The summed E-state index contributed by atoms with van der Waals surface area (Å²) >= 11 is 0. The molecule has 1 aromatic carbocycles. The molecule has 1 aliphatic heterocycles. The minimum absolute atomic E-state index is 0.171. The third-order valence-electron chi connectivity index (χ3n) is 4.31. The Kier molecular flexibility index (Phi) is 4.43. The van der Waals surface area contributed by atoms with E-state index in [1.165, 1.54) is 24.0 Å². The molecule has 2 heterocycles. The fourth-order valence-corrected chi connectivity index (χ4v) is 3.05. The molecule has 1 N–H and O–H groups in total. The summed E-state index contributed by atoms with van der Waals surface area (Å²) in [5, 5.41) is 12.3. The van der Waals surface area contributed by atoms with Gasteiger partial charge < -0.3 is 14.6 Å². The zero-order valence-electron chi connectivity index (χ0n) is 13.6. The molecule has 0 fully saturated rings. The van der Waals surface area contributed by atoms with Gasteiger partial charge in [0, 0.05) is 25.1 Å². The first-order chi connectivity index (χ1) is 10.7. The lowest BCUT2D eigenvalue weighted by atomic mass is 10.1. The van der Waals surface area contributed by atoms with Crippen molar-refractivity contribution in [3.05, 3.63) is 41.0 Å². The minimum atomic E-state index is 0.171. The Morgan fingerprint density at radius 3 is 3.00 bits per heavy atom. The summed E-state index contributed by atoms with van der Waals surface area (Å²) in [4.78, 5) is 0. The number of nitrogens with one attached hydrogen (secondary N) is 1. The second kappa shape index (κ2) is 6.48. The molecule has 2 aromatic rings. The number of aromatic nitrogens is 3. The van der Waals surface area contributed by atoms with E-state index >= 15 is 0 Å². The molecule has 1 atom stereocenters. The minimum Gasteiger partial charge on any atom is -0.496 e. The van der Waals surface area contributed by atoms with Gasteiger partial charge in [0.25, 0.3) is 0 Å². The maximum absolute atomic E-state index is 5.44. The first-order valence-corrected chi connectivity index (χ1v) is 7.98. The lowest BCUT2D eigenvalue weighted by Crippen LogP contribution is -2.23. The van der Waals surface area contributed by atoms with Gasteiger partial charge in [-0.3, -0.25) is 0 Å². The Balaban J connectivity index is 1.71. The summed E-state index contributed by atoms with van der Waals surface area (Å²) in [5.41, 5.74) is 2.41. The number of methoxy groups -OCH3 is 1. The number of ether oxygens (including phenoxy) is 1. The molecule has 0 bridgehead atoms. The SMILES string of the molecule is COc1ccc(C)cc1CNC(C)c1nnc2n1CCCC2. The molecular weight excluding hydrogens is 276 g/mol. The van der Waals surface area contributed by atoms with Crippen LogP contribution >= 0.6 is 0 Å². The third kappa shape index (κ3) is 2.99. The smallest absolute Gasteiger partial charge is 0.149 e. The lowest BCUT2D eigenvalue weighted by Gasteiger charge is -2.19. The Hall–Kier alpha value is -1.88. The van der Waals surface area contributed by atoms with E-state index in [1.54, 1.807) is 7.11 Å². The zero-order chi connectivity index (χ0) is 15.5. The number of hydrogen-bond donors (Lipinski definition) is 1. The fraction of sp³-hybridized carbons (Fsp3) is 0.529. The van der Waals surface area contributed by atoms with Gasteiger partial charge in [0.2, 0.25) is 0 Å². The van der Waals surface area contributed by atoms with Crippen LogP contribution in [0.25, 0.3) is 0 Å². The van der Waals surface area contributed by atoms with Gasteiger partial charge >= 0.3 is 0 Å². The molecule has 1 aliphatic rings. The van der Waals surface area contributed by atoms with Crippen molar-refractivity contribution >= 4 is 0 Å². The number of rotatable bonds is 5. The van der Waals surface area contributed by atoms with Crippen LogP contribution < -0.4 is 10.1 Å². The highest BCUT2D eigenvalue weighted by molar-refractivity contribution is 5.36. The summed E-state index contributed by atoms with van der Waals surface area (Å²) in [6.07, 6.45) is 3.49. The van der Waals surface area contributed by atoms with E-state index in [0.717, 1.165) is 36.9 Å². The van der Waals surface area contributed by atoms with Crippen LogP contribution in [0.15, 0.2) is 18.2 Å². The molecule has 0 spiro atoms. The van der Waals surface area contributed by atoms with Crippen molar-refractivity contribution in [1.29, 1.82) is 0 Å². The molecule has 5 heteroatoms. The molecule has 5 nitrogen and oxygen atoms in total. The Morgan fingerprint density at radius 1 is 1.32 bits per heavy atom. The molecule has 118 valence electrons. The van der Waals surface area contributed by atoms with Gasteiger partial charge in [0.1, 0.15) is 17.4 Å². The fourth-order valence-electron chi connectivity index (χ4n) is 3.05. The number of benzene rings is 1. The van der Waals surface area contributed by atoms with Crippen molar-refractivity contribution in [3.8, 4) is 5.75 Å². The number of hydrogen-bond acceptors (Lipinski definition) is 4. The average Bonchev–Trinajstić information content (AvgIpc) is 2.97. The van der Waals surface area contributed by atoms with Gasteiger partial charge in [-0.05, 0) is 32.8 Å². The monoisotopic (exact) mass is 300 g/mol. The summed E-state index contributed by atoms with van der Waals surface area (Å²) in [7, 11) is 1.71. The molecule has 0 saturated heterocycles. The van der Waals surface area contributed by atoms with Crippen LogP contribution in [0.3, 0.4) is 0 Å². The molecule has 1 unspecified atom stereocenters. The standard InChI is InChI=1S/C17H24N4O/c1-12-7-8-15(22-3)14(10-12)11-18-13(2)17-20-19-16-6-4-5-9-21(16)17/h7-8,10,13,18H,4-6,9,11H2,1-3H3. The number of aryl methyl sites for hydroxylation is 2. The van der Waals surface area contributed by atoms with Gasteiger partial charge in [-0.15, -0.1) is 10.2 Å². The van der Waals surface area contributed by atoms with E-state index in [9.17, 15) is 0 Å². The van der Waals surface area contributed by atoms with Crippen molar-refractivity contribution in [2.75, 3.05) is 7.11 Å². The normalized spacial score (nSPS) is 15.4. The summed E-state index contributed by atoms with van der Waals surface area (Å²) < 4.78 is 7.71. The first-order valence-electron chi connectivity index (χ1n) is 7.98. The van der Waals surface area contributed by atoms with Crippen LogP contribution in [0.5, 0.6) is 5.75 Å². The zero-order valence-corrected chi connectivity index (χ0v) is 13.6. The average molecular weight is 300 g/mol. The third-order valence-corrected chi connectivity index (χ3v) is 4.31. The summed E-state index contributed by atoms with van der Waals surface area (Å²) in [6, 6.07) is 6.43. The summed E-state index contributed by atoms with van der Waals surface area (Å²) in [6.45, 7) is 6.04. The van der Waals surface area contributed by atoms with E-state index < -0.39 is 0 Å². The van der Waals surface area contributed by atoms with E-state index in [4.69, 9.17) is 4.74 Å². The van der Waals surface area contributed by atoms with Crippen molar-refractivity contribution in [2.45, 2.75) is 52.2 Å². The van der Waals surface area contributed by atoms with Crippen molar-refractivity contribution in [2.24, 2.45) is 0 Å². The molecular formula is C17H24N4O. The molecule has 22 heavy (non-hydrogen) atoms. The second-order valence-electron chi connectivity index (χ2n) is 6.00. The molecule has 0 saturated carbocycles. The second-order valence-corrected chi connectivity index (χ2v) is 6.00. The molecule has 0 radical (unpaired) electrons. The van der Waals surface area contributed by atoms with Crippen LogP contribution in [-0.2, 0) is 19.5 Å². The molecule has 0 aliphatic carbocycles. The highest BCUT2D eigenvalue weighted by Crippen LogP contribution is 2.22. The quantitative estimate of drug-likeness (QED) is 0.922. The number of fused-ring (bicyclic) bond motifs is 1. The molecule has 0 amide bonds. The topological polar surface area (TPSA) is 52.0 Å². The van der Waals surface area contributed by atoms with Crippen molar-refractivity contribution in [1.82, 2.24) is 20.1 Å². The van der Waals surface area contributed by atoms with Gasteiger partial charge in [0.05, 0.1) is 13.2 Å². The summed E-state index contributed by atoms with van der Waals surface area (Å²) in [5.74, 6) is 3.10. The predicted octanol–water partition coefficient (Wildman–Crippen LogP) is 2.78. The predicted molar refractivity (Wildman–Crippen MR) is 85.9 cm³/mol. The Morgan fingerprint density at radius 2 is 2.18 bits per heavy atom. The molecule has 1 aromatic heterocycles. The van der Waals surface area contributed by atoms with E-state index in [1.807, 2.05) is 6.07 Å². The van der Waals surface area contributed by atoms with Crippen LogP contribution in [0.2, 0.25) is 0 Å². The van der Waals surface area contributed by atoms with Crippen LogP contribution in [-0.4, -0.2) is 21.9 Å². The van der Waals surface area contributed by atoms with Gasteiger partial charge in [-0.25, -0.2) is 0 Å². The van der Waals surface area contributed by atoms with E-state index in [2.05, 4.69) is 46.1 Å². The van der Waals surface area contributed by atoms with E-state index in [-0.39, 0.29) is 6.04 Å². The first kappa shape index (κ1) is 15.0. The highest BCUT2D eigenvalue weighted by Gasteiger charge is 2.19. The van der Waals surface area contributed by atoms with Gasteiger partial charge in [0.15, 0.2) is 0 Å². The molecule has 3 rings (SSSR count). The lowest BCUT2D eigenvalue weighted by molar-refractivity contribution is 0.404.